The van der Waals surface area contributed by atoms with Crippen LogP contribution in [0, 0.1) is 0 Å². The molecule has 0 rings (SSSR count). The van der Waals surface area contributed by atoms with Crippen LogP contribution in [0.1, 0.15) is 13.8 Å². The molecular formula is C3H8O3Sn. The van der Waals surface area contributed by atoms with Crippen LogP contribution in [0.4, 0.5) is 0 Å². The topological polar surface area (TPSA) is 54.4 Å². The minimum atomic E-state index is -2.27. The molecule has 1 N–H and O–H groups in total. The van der Waals surface area contributed by atoms with Crippen molar-refractivity contribution in [2.45, 2.75) is 20.0 Å². The van der Waals surface area contributed by atoms with E-state index in [0.717, 1.165) is 0 Å². The molecule has 0 saturated carbocycles. The molecule has 0 amide bonds. The van der Waals surface area contributed by atoms with E-state index in [0.29, 0.717) is 0 Å². The van der Waals surface area contributed by atoms with E-state index in [1.165, 1.54) is 0 Å². The average molecular weight is 211 g/mol. The van der Waals surface area contributed by atoms with E-state index in [4.69, 9.17) is 11.3 Å². The van der Waals surface area contributed by atoms with Crippen molar-refractivity contribution in [1.82, 2.24) is 0 Å². The van der Waals surface area contributed by atoms with Crippen molar-refractivity contribution >= 4 is 21.1 Å². The Hall–Kier alpha value is 0.359. The normalized spacial score (nSPS) is 6.29. The standard InChI is InChI=1S/C3H8O.2O.Sn/c1-3(2)4;;;/h3-4H,1-2H3;;;. The molecule has 0 aliphatic rings. The molecule has 0 radical (unpaired) electrons. The van der Waals surface area contributed by atoms with Crippen LogP contribution in [0.3, 0.4) is 0 Å². The Bertz CT molecular complexity index is 52.4. The summed E-state index contributed by atoms with van der Waals surface area (Å²) in [5, 5.41) is 8.06. The number of hydrogen-bond donors (Lipinski definition) is 1. The zero-order valence-corrected chi connectivity index (χ0v) is 7.20. The van der Waals surface area contributed by atoms with Gasteiger partial charge >= 0.3 is 27.3 Å². The zero-order valence-electron chi connectivity index (χ0n) is 4.34. The van der Waals surface area contributed by atoms with E-state index in [2.05, 4.69) is 0 Å². The number of hydrogen-bond acceptors (Lipinski definition) is 3. The van der Waals surface area contributed by atoms with Gasteiger partial charge in [0.15, 0.2) is 0 Å². The Kier molecular flexibility index (Phi) is 14.2. The van der Waals surface area contributed by atoms with Crippen LogP contribution in [-0.4, -0.2) is 32.3 Å². The van der Waals surface area contributed by atoms with Crippen LogP contribution >= 0.6 is 0 Å². The van der Waals surface area contributed by atoms with Gasteiger partial charge in [-0.05, 0) is 13.8 Å². The molecular weight excluding hydrogens is 203 g/mol. The summed E-state index contributed by atoms with van der Waals surface area (Å²) in [7, 11) is 0. The van der Waals surface area contributed by atoms with Crippen molar-refractivity contribution in [3.63, 3.8) is 0 Å². The molecule has 3 nitrogen and oxygen atoms in total. The Morgan fingerprint density at radius 2 is 1.43 bits per heavy atom. The average Bonchev–Trinajstić information content (AvgIpc) is 1.33. The van der Waals surface area contributed by atoms with E-state index in [1.54, 1.807) is 13.8 Å². The minimum absolute atomic E-state index is 0.167. The van der Waals surface area contributed by atoms with Gasteiger partial charge in [0, 0.05) is 6.10 Å². The van der Waals surface area contributed by atoms with E-state index in [1.807, 2.05) is 0 Å². The van der Waals surface area contributed by atoms with Crippen molar-refractivity contribution in [2.75, 3.05) is 0 Å². The Morgan fingerprint density at radius 3 is 1.43 bits per heavy atom. The van der Waals surface area contributed by atoms with Gasteiger partial charge in [0.2, 0.25) is 0 Å². The van der Waals surface area contributed by atoms with E-state index >= 15 is 0 Å². The fourth-order valence-electron chi connectivity index (χ4n) is 0. The summed E-state index contributed by atoms with van der Waals surface area (Å²) in [6.07, 6.45) is -0.167. The number of aliphatic hydroxyl groups excluding tert-OH is 1. The molecule has 0 aromatic heterocycles. The second-order valence-corrected chi connectivity index (χ2v) is 1.65. The quantitative estimate of drug-likeness (QED) is 0.562. The summed E-state index contributed by atoms with van der Waals surface area (Å²) in [4.78, 5) is 0. The fraction of sp³-hybridized carbons (Fsp3) is 1.00. The SMILES string of the molecule is CC(C)O.[O]=[Sn]=[O]. The maximum atomic E-state index is 8.54. The van der Waals surface area contributed by atoms with E-state index in [9.17, 15) is 0 Å². The van der Waals surface area contributed by atoms with Crippen LogP contribution in [-0.2, 0) is 6.15 Å². The monoisotopic (exact) mass is 212 g/mol. The Labute approximate surface area is 52.7 Å². The van der Waals surface area contributed by atoms with Gasteiger partial charge in [0.1, 0.15) is 0 Å². The van der Waals surface area contributed by atoms with Crippen LogP contribution in [0.2, 0.25) is 0 Å². The first-order chi connectivity index (χ1) is 3.15. The van der Waals surface area contributed by atoms with Crippen molar-refractivity contribution in [1.29, 1.82) is 0 Å². The molecule has 0 aliphatic carbocycles. The predicted octanol–water partition coefficient (Wildman–Crippen LogP) is -0.231. The second-order valence-electron chi connectivity index (χ2n) is 1.18. The summed E-state index contributed by atoms with van der Waals surface area (Å²) < 4.78 is 17.1. The third kappa shape index (κ3) is 939. The first-order valence-corrected chi connectivity index (χ1v) is 4.15. The molecule has 0 unspecified atom stereocenters. The molecule has 0 aliphatic heterocycles. The van der Waals surface area contributed by atoms with Crippen molar-refractivity contribution in [2.24, 2.45) is 0 Å². The molecule has 0 aromatic rings. The summed E-state index contributed by atoms with van der Waals surface area (Å²) >= 11 is -2.27. The third-order valence-corrected chi connectivity index (χ3v) is 0. The molecule has 0 saturated heterocycles. The summed E-state index contributed by atoms with van der Waals surface area (Å²) in [6, 6.07) is 0. The predicted molar refractivity (Wildman–Crippen MR) is 24.5 cm³/mol. The van der Waals surface area contributed by atoms with Crippen molar-refractivity contribution < 1.29 is 11.3 Å². The van der Waals surface area contributed by atoms with E-state index in [-0.39, 0.29) is 6.10 Å². The van der Waals surface area contributed by atoms with Gasteiger partial charge in [-0.25, -0.2) is 0 Å². The fourth-order valence-corrected chi connectivity index (χ4v) is 0. The first-order valence-electron chi connectivity index (χ1n) is 1.82. The molecule has 4 heteroatoms. The molecule has 42 valence electrons. The van der Waals surface area contributed by atoms with Gasteiger partial charge in [0.05, 0.1) is 0 Å². The Morgan fingerprint density at radius 1 is 1.43 bits per heavy atom. The number of aliphatic hydroxyl groups is 1. The Balaban J connectivity index is 0. The van der Waals surface area contributed by atoms with Gasteiger partial charge in [-0.15, -0.1) is 0 Å². The molecule has 0 atom stereocenters. The van der Waals surface area contributed by atoms with Crippen LogP contribution < -0.4 is 0 Å². The van der Waals surface area contributed by atoms with E-state index < -0.39 is 21.1 Å². The molecule has 7 heavy (non-hydrogen) atoms. The van der Waals surface area contributed by atoms with Gasteiger partial charge < -0.3 is 5.11 Å². The van der Waals surface area contributed by atoms with Crippen LogP contribution in [0.15, 0.2) is 0 Å². The number of rotatable bonds is 0. The van der Waals surface area contributed by atoms with Crippen LogP contribution in [0.5, 0.6) is 0 Å². The van der Waals surface area contributed by atoms with Gasteiger partial charge in [-0.2, -0.15) is 0 Å². The zero-order chi connectivity index (χ0) is 6.28. The van der Waals surface area contributed by atoms with Crippen molar-refractivity contribution in [3.8, 4) is 0 Å². The second kappa shape index (κ2) is 9.61. The summed E-state index contributed by atoms with van der Waals surface area (Å²) in [5.74, 6) is 0. The molecule has 0 aromatic carbocycles. The first kappa shape index (κ1) is 10.4. The summed E-state index contributed by atoms with van der Waals surface area (Å²) in [5.41, 5.74) is 0. The van der Waals surface area contributed by atoms with Gasteiger partial charge in [-0.3, -0.25) is 0 Å². The molecule has 0 bridgehead atoms. The summed E-state index contributed by atoms with van der Waals surface area (Å²) in [6.45, 7) is 3.44. The molecule has 0 fully saturated rings. The third-order valence-electron chi connectivity index (χ3n) is 0. The van der Waals surface area contributed by atoms with Gasteiger partial charge in [-0.1, -0.05) is 0 Å². The molecule has 0 spiro atoms. The van der Waals surface area contributed by atoms with Gasteiger partial charge in [0.25, 0.3) is 0 Å². The van der Waals surface area contributed by atoms with Crippen LogP contribution in [0.25, 0.3) is 0 Å². The van der Waals surface area contributed by atoms with Crippen molar-refractivity contribution in [3.05, 3.63) is 0 Å². The maximum absolute atomic E-state index is 8.54. The molecule has 0 heterocycles.